The van der Waals surface area contributed by atoms with Gasteiger partial charge in [-0.1, -0.05) is 5.16 Å². The smallest absolute Gasteiger partial charge is 0.316 e. The molecule has 38 heavy (non-hydrogen) atoms. The maximum Gasteiger partial charge on any atom is 0.316 e. The first-order valence-corrected chi connectivity index (χ1v) is 13.4. The normalized spacial score (nSPS) is 16.2. The fourth-order valence-electron chi connectivity index (χ4n) is 4.44. The first-order chi connectivity index (χ1) is 18.2. The summed E-state index contributed by atoms with van der Waals surface area (Å²) in [5.41, 5.74) is 0.701. The van der Waals surface area contributed by atoms with Crippen LogP contribution in [0.25, 0.3) is 11.4 Å². The zero-order valence-corrected chi connectivity index (χ0v) is 23.1. The molecule has 2 aromatic carbocycles. The van der Waals surface area contributed by atoms with Gasteiger partial charge < -0.3 is 29.6 Å². The molecule has 2 aliphatic rings. The van der Waals surface area contributed by atoms with E-state index in [9.17, 15) is 23.5 Å². The molecule has 0 bridgehead atoms. The Bertz CT molecular complexity index is 1390. The molecule has 2 fully saturated rings. The largest absolute Gasteiger partial charge is 0.506 e. The van der Waals surface area contributed by atoms with Crippen molar-refractivity contribution in [3.05, 3.63) is 56.3 Å². The molecule has 0 spiro atoms. The summed E-state index contributed by atoms with van der Waals surface area (Å²) in [7, 11) is 0. The van der Waals surface area contributed by atoms with Crippen LogP contribution in [-0.2, 0) is 0 Å². The molecule has 200 valence electrons. The number of nitrogens with zero attached hydrogens (tertiary/aromatic N) is 5. The average molecular weight is 656 g/mol. The minimum absolute atomic E-state index is 0.0274. The summed E-state index contributed by atoms with van der Waals surface area (Å²) in [6.45, 7) is 3.65. The Morgan fingerprint density at radius 2 is 1.66 bits per heavy atom. The number of hydrogen-bond acceptors (Lipinski definition) is 8. The van der Waals surface area contributed by atoms with Crippen molar-refractivity contribution < 1.29 is 28.0 Å². The van der Waals surface area contributed by atoms with Crippen LogP contribution in [0.15, 0.2) is 37.7 Å². The number of carbonyl (C=O) groups excluding carboxylic acids is 2. The maximum absolute atomic E-state index is 14.1. The molecule has 2 amide bonds. The molecule has 14 heteroatoms. The van der Waals surface area contributed by atoms with Crippen molar-refractivity contribution in [1.82, 2.24) is 25.3 Å². The van der Waals surface area contributed by atoms with E-state index in [2.05, 4.69) is 47.3 Å². The molecular weight excluding hydrogens is 634 g/mol. The molecule has 10 nitrogen and oxygen atoms in total. The lowest BCUT2D eigenvalue weighted by atomic mass is 10.1. The topological polar surface area (TPSA) is 115 Å². The Morgan fingerprint density at radius 3 is 2.34 bits per heavy atom. The van der Waals surface area contributed by atoms with Crippen molar-refractivity contribution in [3.63, 3.8) is 0 Å². The standard InChI is InChI=1S/C24H22Br2F2N6O4/c25-15-12-14(20(35)19(26)18(15)23(36)33-5-3-29-4-6-33)21-30-22(38-31-21)24(37)34-9-7-32(8-10-34)17-2-1-13(27)11-16(17)28/h1-2,11-12,29,35H,3-10H2. The van der Waals surface area contributed by atoms with Gasteiger partial charge in [0, 0.05) is 62.9 Å². The molecule has 2 aliphatic heterocycles. The van der Waals surface area contributed by atoms with Gasteiger partial charge in [0.15, 0.2) is 0 Å². The number of nitrogens with one attached hydrogen (secondary N) is 1. The van der Waals surface area contributed by atoms with Gasteiger partial charge in [0.1, 0.15) is 17.4 Å². The molecule has 0 atom stereocenters. The molecule has 3 aromatic rings. The van der Waals surface area contributed by atoms with Crippen LogP contribution in [0, 0.1) is 11.6 Å². The lowest BCUT2D eigenvalue weighted by Crippen LogP contribution is -2.49. The predicted molar refractivity (Wildman–Crippen MR) is 140 cm³/mol. The zero-order valence-electron chi connectivity index (χ0n) is 19.9. The fourth-order valence-corrected chi connectivity index (χ4v) is 5.90. The molecule has 3 heterocycles. The van der Waals surface area contributed by atoms with Crippen LogP contribution >= 0.6 is 31.9 Å². The number of amides is 2. The Kier molecular flexibility index (Phi) is 7.63. The van der Waals surface area contributed by atoms with Crippen LogP contribution in [0.3, 0.4) is 0 Å². The molecule has 5 rings (SSSR count). The second-order valence-electron chi connectivity index (χ2n) is 8.78. The molecule has 1 aromatic heterocycles. The fraction of sp³-hybridized carbons (Fsp3) is 0.333. The van der Waals surface area contributed by atoms with Crippen LogP contribution in [0.1, 0.15) is 21.0 Å². The molecule has 0 saturated carbocycles. The van der Waals surface area contributed by atoms with Crippen LogP contribution in [0.2, 0.25) is 0 Å². The number of phenolic OH excluding ortho intramolecular Hbond substituents is 1. The number of anilines is 1. The average Bonchev–Trinajstić information content (AvgIpc) is 3.41. The summed E-state index contributed by atoms with van der Waals surface area (Å²) in [4.78, 5) is 35.1. The van der Waals surface area contributed by atoms with Crippen LogP contribution in [-0.4, -0.2) is 89.2 Å². The first-order valence-electron chi connectivity index (χ1n) is 11.8. The quantitative estimate of drug-likeness (QED) is 0.440. The number of piperazine rings is 2. The second kappa shape index (κ2) is 10.9. The summed E-state index contributed by atoms with van der Waals surface area (Å²) in [5, 5.41) is 17.9. The molecule has 0 unspecified atom stereocenters. The third-order valence-electron chi connectivity index (χ3n) is 6.48. The van der Waals surface area contributed by atoms with Crippen molar-refractivity contribution in [2.45, 2.75) is 0 Å². The van der Waals surface area contributed by atoms with E-state index in [-0.39, 0.29) is 57.7 Å². The van der Waals surface area contributed by atoms with Gasteiger partial charge in [-0.05, 0) is 50.1 Å². The summed E-state index contributed by atoms with van der Waals surface area (Å²) < 4.78 is 33.1. The van der Waals surface area contributed by atoms with Crippen molar-refractivity contribution in [2.24, 2.45) is 0 Å². The highest BCUT2D eigenvalue weighted by Crippen LogP contribution is 2.41. The number of hydrogen-bond donors (Lipinski definition) is 2. The highest BCUT2D eigenvalue weighted by atomic mass is 79.9. The van der Waals surface area contributed by atoms with Crippen LogP contribution < -0.4 is 10.2 Å². The van der Waals surface area contributed by atoms with Crippen molar-refractivity contribution in [3.8, 4) is 17.1 Å². The highest BCUT2D eigenvalue weighted by Gasteiger charge is 2.30. The van der Waals surface area contributed by atoms with E-state index in [1.807, 2.05) is 0 Å². The van der Waals surface area contributed by atoms with Crippen molar-refractivity contribution in [1.29, 1.82) is 0 Å². The Hall–Kier alpha value is -3.10. The van der Waals surface area contributed by atoms with Crippen molar-refractivity contribution >= 4 is 49.4 Å². The minimum atomic E-state index is -0.663. The molecule has 0 aliphatic carbocycles. The lowest BCUT2D eigenvalue weighted by molar-refractivity contribution is 0.0695. The number of benzene rings is 2. The number of phenols is 1. The Morgan fingerprint density at radius 1 is 0.974 bits per heavy atom. The number of rotatable bonds is 4. The van der Waals surface area contributed by atoms with E-state index < -0.39 is 17.5 Å². The van der Waals surface area contributed by atoms with Gasteiger partial charge in [-0.15, -0.1) is 0 Å². The van der Waals surface area contributed by atoms with Crippen molar-refractivity contribution in [2.75, 3.05) is 57.3 Å². The third kappa shape index (κ3) is 5.12. The monoisotopic (exact) mass is 654 g/mol. The van der Waals surface area contributed by atoms with E-state index in [4.69, 9.17) is 4.52 Å². The highest BCUT2D eigenvalue weighted by molar-refractivity contribution is 9.11. The molecule has 2 saturated heterocycles. The molecular formula is C24H22Br2F2N6O4. The van der Waals surface area contributed by atoms with E-state index in [1.54, 1.807) is 9.80 Å². The van der Waals surface area contributed by atoms with E-state index >= 15 is 0 Å². The van der Waals surface area contributed by atoms with Gasteiger partial charge in [0.05, 0.1) is 21.3 Å². The molecule has 2 N–H and O–H groups in total. The second-order valence-corrected chi connectivity index (χ2v) is 10.4. The number of halogens is 4. The summed E-state index contributed by atoms with van der Waals surface area (Å²) in [5.74, 6) is -2.63. The minimum Gasteiger partial charge on any atom is -0.506 e. The first kappa shape index (κ1) is 26.5. The van der Waals surface area contributed by atoms with Crippen LogP contribution in [0.4, 0.5) is 14.5 Å². The van der Waals surface area contributed by atoms with Gasteiger partial charge in [-0.3, -0.25) is 9.59 Å². The van der Waals surface area contributed by atoms with Gasteiger partial charge in [0.25, 0.3) is 5.91 Å². The van der Waals surface area contributed by atoms with Gasteiger partial charge in [-0.25, -0.2) is 8.78 Å². The van der Waals surface area contributed by atoms with Crippen LogP contribution in [0.5, 0.6) is 5.75 Å². The van der Waals surface area contributed by atoms with E-state index in [0.29, 0.717) is 43.7 Å². The predicted octanol–water partition coefficient (Wildman–Crippen LogP) is 3.25. The third-order valence-corrected chi connectivity index (χ3v) is 7.88. The van der Waals surface area contributed by atoms with Gasteiger partial charge in [-0.2, -0.15) is 4.98 Å². The van der Waals surface area contributed by atoms with E-state index in [0.717, 1.165) is 6.07 Å². The maximum atomic E-state index is 14.1. The Balaban J connectivity index is 1.30. The van der Waals surface area contributed by atoms with Gasteiger partial charge >= 0.3 is 11.8 Å². The summed E-state index contributed by atoms with van der Waals surface area (Å²) in [6, 6.07) is 4.89. The molecule has 0 radical (unpaired) electrons. The Labute approximate surface area is 232 Å². The zero-order chi connectivity index (χ0) is 27.0. The summed E-state index contributed by atoms with van der Waals surface area (Å²) in [6.07, 6.45) is 0. The van der Waals surface area contributed by atoms with Gasteiger partial charge in [0.2, 0.25) is 5.82 Å². The number of carbonyl (C=O) groups is 2. The number of aromatic nitrogens is 2. The van der Waals surface area contributed by atoms with E-state index in [1.165, 1.54) is 23.1 Å². The SMILES string of the molecule is O=C(c1nc(-c2cc(Br)c(C(=O)N3CCNCC3)c(Br)c2O)no1)N1CCN(c2ccc(F)cc2F)CC1. The summed E-state index contributed by atoms with van der Waals surface area (Å²) >= 11 is 6.73. The number of aromatic hydroxyl groups is 1. The lowest BCUT2D eigenvalue weighted by Gasteiger charge is -2.35.